The van der Waals surface area contributed by atoms with Crippen molar-refractivity contribution in [3.05, 3.63) is 40.9 Å². The van der Waals surface area contributed by atoms with E-state index in [0.29, 0.717) is 0 Å². The molecule has 2 aliphatic rings. The lowest BCUT2D eigenvalue weighted by molar-refractivity contribution is -0.0465. The van der Waals surface area contributed by atoms with Gasteiger partial charge in [0.25, 0.3) is 5.56 Å². The van der Waals surface area contributed by atoms with Gasteiger partial charge in [0.05, 0.1) is 12.9 Å². The van der Waals surface area contributed by atoms with Gasteiger partial charge in [0.1, 0.15) is 37.0 Å². The average molecular weight is 691 g/mol. The van der Waals surface area contributed by atoms with Gasteiger partial charge in [0.15, 0.2) is 46.5 Å². The standard InChI is InChI=1S/C21H22F2N10O11P2/c22-9-13(40-6-45(36)37)8(43-19(9)33-5-29-12-17(33)30-21(25)31-18(12)35)2-41-46(38,39)44-14-7(1-34)42-20(10(14)23)32-4-28-11-15(24)26-3-27-16(11)32/h3-5,7,9-10,14,19-20,34H,1-2,6H2,(H6-,24,25,26,27,30,31,35,36,37,38,39)/p+1. The molecule has 46 heavy (non-hydrogen) atoms. The second-order valence-corrected chi connectivity index (χ2v) is 12.1. The summed E-state index contributed by atoms with van der Waals surface area (Å²) >= 11 is 0. The van der Waals surface area contributed by atoms with Crippen molar-refractivity contribution in [2.45, 2.75) is 37.0 Å². The first-order chi connectivity index (χ1) is 21.9. The zero-order valence-electron chi connectivity index (χ0n) is 22.9. The Morgan fingerprint density at radius 2 is 1.83 bits per heavy atom. The molecule has 0 saturated carbocycles. The highest BCUT2D eigenvalue weighted by atomic mass is 31.2. The molecule has 0 bridgehead atoms. The van der Waals surface area contributed by atoms with Crippen molar-refractivity contribution >= 4 is 49.9 Å². The number of nitrogen functional groups attached to an aromatic ring is 2. The van der Waals surface area contributed by atoms with Gasteiger partial charge in [-0.05, 0) is 4.57 Å². The Bertz CT molecular complexity index is 1960. The van der Waals surface area contributed by atoms with Crippen LogP contribution in [0.25, 0.3) is 22.3 Å². The van der Waals surface area contributed by atoms with E-state index in [0.717, 1.165) is 28.1 Å². The van der Waals surface area contributed by atoms with Crippen molar-refractivity contribution in [1.29, 1.82) is 0 Å². The van der Waals surface area contributed by atoms with Crippen molar-refractivity contribution in [3.8, 4) is 0 Å². The molecule has 8 unspecified atom stereocenters. The summed E-state index contributed by atoms with van der Waals surface area (Å²) in [6.45, 7) is -1.88. The number of ether oxygens (including phenoxy) is 3. The number of nitrogens with one attached hydrogen (secondary N) is 1. The fourth-order valence-electron chi connectivity index (χ4n) is 4.84. The first kappa shape index (κ1) is 31.8. The number of aliphatic hydroxyl groups is 1. The predicted octanol–water partition coefficient (Wildman–Crippen LogP) is -0.359. The van der Waals surface area contributed by atoms with Crippen LogP contribution in [0.15, 0.2) is 35.3 Å². The van der Waals surface area contributed by atoms with E-state index in [9.17, 15) is 28.8 Å². The number of nitrogens with zero attached hydrogens (tertiary/aromatic N) is 7. The van der Waals surface area contributed by atoms with E-state index in [4.69, 9.17) is 34.7 Å². The second kappa shape index (κ2) is 12.2. The zero-order valence-corrected chi connectivity index (χ0v) is 24.6. The fourth-order valence-corrected chi connectivity index (χ4v) is 5.99. The Kier molecular flexibility index (Phi) is 8.42. The van der Waals surface area contributed by atoms with Crippen LogP contribution in [0.2, 0.25) is 0 Å². The third-order valence-electron chi connectivity index (χ3n) is 6.82. The minimum Gasteiger partial charge on any atom is -0.465 e. The molecule has 4 aromatic rings. The summed E-state index contributed by atoms with van der Waals surface area (Å²) in [7, 11) is -8.18. The number of rotatable bonds is 11. The Labute approximate surface area is 254 Å². The normalized spacial score (nSPS) is 26.5. The zero-order chi connectivity index (χ0) is 32.9. The van der Waals surface area contributed by atoms with Crippen LogP contribution in [-0.4, -0.2) is 98.0 Å². The highest BCUT2D eigenvalue weighted by Crippen LogP contribution is 2.50. The third kappa shape index (κ3) is 5.78. The number of phosphoric ester groups is 1. The molecule has 6 heterocycles. The molecule has 0 aliphatic carbocycles. The Morgan fingerprint density at radius 3 is 2.54 bits per heavy atom. The van der Waals surface area contributed by atoms with Gasteiger partial charge in [-0.25, -0.2) is 33.3 Å². The van der Waals surface area contributed by atoms with Gasteiger partial charge in [0.2, 0.25) is 18.3 Å². The molecule has 0 spiro atoms. The van der Waals surface area contributed by atoms with Gasteiger partial charge in [-0.1, -0.05) is 0 Å². The minimum atomic E-state index is -5.25. The SMILES string of the molecule is Nc1nc2c(ncn2C2OC(COP(=O)(O)OC3C(CO)OC(n4cnc5c(N)ncnc54)C3F)=C(OC[P+](=O)O)C2F)c(=O)[nH]1. The number of aliphatic hydroxyl groups excluding tert-OH is 1. The molecule has 8 atom stereocenters. The molecule has 8 N–H and O–H groups in total. The molecule has 0 aromatic carbocycles. The monoisotopic (exact) mass is 691 g/mol. The van der Waals surface area contributed by atoms with Crippen LogP contribution >= 0.6 is 15.9 Å². The van der Waals surface area contributed by atoms with E-state index >= 15 is 8.78 Å². The highest BCUT2D eigenvalue weighted by Gasteiger charge is 2.51. The van der Waals surface area contributed by atoms with Crippen molar-refractivity contribution in [1.82, 2.24) is 39.0 Å². The minimum absolute atomic E-state index is 0.00241. The van der Waals surface area contributed by atoms with Crippen molar-refractivity contribution < 1.29 is 56.1 Å². The Morgan fingerprint density at radius 1 is 1.11 bits per heavy atom. The third-order valence-corrected chi connectivity index (χ3v) is 8.13. The van der Waals surface area contributed by atoms with Gasteiger partial charge < -0.3 is 35.7 Å². The summed E-state index contributed by atoms with van der Waals surface area (Å²) in [6.07, 6.45) is -8.62. The summed E-state index contributed by atoms with van der Waals surface area (Å²) in [6, 6.07) is 0. The van der Waals surface area contributed by atoms with Crippen molar-refractivity contribution in [2.75, 3.05) is 31.0 Å². The number of hydrogen-bond donors (Lipinski definition) is 6. The number of aromatic amines is 1. The van der Waals surface area contributed by atoms with Crippen LogP contribution in [0.1, 0.15) is 12.5 Å². The number of nitrogens with two attached hydrogens (primary N) is 2. The van der Waals surface area contributed by atoms with Crippen LogP contribution in [0.5, 0.6) is 0 Å². The number of phosphoric acid groups is 1. The van der Waals surface area contributed by atoms with E-state index in [1.54, 1.807) is 0 Å². The number of hydrogen-bond acceptors (Lipinski definition) is 16. The van der Waals surface area contributed by atoms with Crippen LogP contribution in [-0.2, 0) is 32.4 Å². The molecule has 4 aromatic heterocycles. The van der Waals surface area contributed by atoms with Gasteiger partial charge in [-0.2, -0.15) is 9.88 Å². The lowest BCUT2D eigenvalue weighted by Gasteiger charge is -2.21. The molecule has 1 saturated heterocycles. The van der Waals surface area contributed by atoms with Crippen molar-refractivity contribution in [2.24, 2.45) is 0 Å². The second-order valence-electron chi connectivity index (χ2n) is 9.69. The average Bonchev–Trinajstić information content (AvgIpc) is 3.76. The number of halogens is 2. The molecule has 2 aliphatic heterocycles. The fraction of sp³-hybridized carbons (Fsp3) is 0.429. The molecule has 246 valence electrons. The summed E-state index contributed by atoms with van der Waals surface area (Å²) in [5.74, 6) is -1.58. The summed E-state index contributed by atoms with van der Waals surface area (Å²) < 4.78 is 83.8. The summed E-state index contributed by atoms with van der Waals surface area (Å²) in [4.78, 5) is 53.6. The maximum atomic E-state index is 15.7. The van der Waals surface area contributed by atoms with E-state index in [2.05, 4.69) is 29.9 Å². The van der Waals surface area contributed by atoms with Crippen LogP contribution < -0.4 is 17.0 Å². The number of fused-ring (bicyclic) bond motifs is 2. The van der Waals surface area contributed by atoms with Gasteiger partial charge in [-0.15, -0.1) is 0 Å². The van der Waals surface area contributed by atoms with Crippen LogP contribution in [0.3, 0.4) is 0 Å². The lowest BCUT2D eigenvalue weighted by atomic mass is 10.1. The topological polar surface area (TPSA) is 300 Å². The van der Waals surface area contributed by atoms with Crippen LogP contribution in [0, 0.1) is 0 Å². The van der Waals surface area contributed by atoms with E-state index in [1.807, 2.05) is 0 Å². The molecular weight excluding hydrogens is 668 g/mol. The molecule has 0 radical (unpaired) electrons. The summed E-state index contributed by atoms with van der Waals surface area (Å²) in [5.41, 5.74) is 10.4. The number of imidazole rings is 2. The van der Waals surface area contributed by atoms with Crippen molar-refractivity contribution in [3.63, 3.8) is 0 Å². The maximum Gasteiger partial charge on any atom is 0.547 e. The van der Waals surface area contributed by atoms with E-state index in [-0.39, 0.29) is 34.1 Å². The Hall–Kier alpha value is -4.21. The molecular formula is C21H23F2N10O11P2+. The molecule has 6 rings (SSSR count). The van der Waals surface area contributed by atoms with Gasteiger partial charge in [-0.3, -0.25) is 28.0 Å². The first-order valence-electron chi connectivity index (χ1n) is 12.9. The molecule has 21 nitrogen and oxygen atoms in total. The number of H-pyrrole nitrogens is 1. The van der Waals surface area contributed by atoms with Crippen LogP contribution in [0.4, 0.5) is 20.5 Å². The Balaban J connectivity index is 1.20. The van der Waals surface area contributed by atoms with Gasteiger partial charge in [0, 0.05) is 0 Å². The number of anilines is 2. The molecule has 25 heteroatoms. The molecule has 0 amide bonds. The number of aromatic nitrogens is 8. The quantitative estimate of drug-likeness (QED) is 0.109. The predicted molar refractivity (Wildman–Crippen MR) is 147 cm³/mol. The highest BCUT2D eigenvalue weighted by molar-refractivity contribution is 7.47. The smallest absolute Gasteiger partial charge is 0.465 e. The van der Waals surface area contributed by atoms with Gasteiger partial charge >= 0.3 is 22.2 Å². The lowest BCUT2D eigenvalue weighted by Crippen LogP contribution is -2.33. The first-order valence-corrected chi connectivity index (χ1v) is 15.8. The molecule has 1 fully saturated rings. The van der Waals surface area contributed by atoms with E-state index < -0.39 is 89.5 Å². The maximum absolute atomic E-state index is 15.7. The number of alkyl halides is 2. The largest absolute Gasteiger partial charge is 0.547 e. The van der Waals surface area contributed by atoms with E-state index in [1.165, 1.54) is 0 Å². The summed E-state index contributed by atoms with van der Waals surface area (Å²) in [5, 5.41) is 9.80.